The van der Waals surface area contributed by atoms with Gasteiger partial charge in [-0.05, 0) is 43.3 Å². The molecule has 0 atom stereocenters. The van der Waals surface area contributed by atoms with Gasteiger partial charge in [-0.1, -0.05) is 18.2 Å². The van der Waals surface area contributed by atoms with Crippen LogP contribution in [-0.2, 0) is 0 Å². The van der Waals surface area contributed by atoms with Gasteiger partial charge in [0, 0.05) is 21.3 Å². The first-order valence-electron chi connectivity index (χ1n) is 8.15. The fraction of sp³-hybridized carbons (Fsp3) is 0.100. The third kappa shape index (κ3) is 3.07. The molecule has 6 heteroatoms. The van der Waals surface area contributed by atoms with Gasteiger partial charge in [0.05, 0.1) is 12.8 Å². The van der Waals surface area contributed by atoms with Crippen LogP contribution in [0.2, 0.25) is 0 Å². The number of aromatic amines is 1. The second-order valence-corrected chi connectivity index (χ2v) is 7.08. The Morgan fingerprint density at radius 1 is 1.15 bits per heavy atom. The number of hydrogen-bond donors (Lipinski definition) is 2. The largest absolute Gasteiger partial charge is 0.497 e. The smallest absolute Gasteiger partial charge is 0.273 e. The molecule has 0 saturated carbocycles. The Labute approximate surface area is 154 Å². The lowest BCUT2D eigenvalue weighted by Crippen LogP contribution is -2.11. The molecule has 2 heterocycles. The minimum Gasteiger partial charge on any atom is -0.497 e. The van der Waals surface area contributed by atoms with Gasteiger partial charge in [-0.15, -0.1) is 11.3 Å². The van der Waals surface area contributed by atoms with E-state index in [9.17, 15) is 4.79 Å². The molecule has 0 radical (unpaired) electrons. The van der Waals surface area contributed by atoms with Crippen molar-refractivity contribution in [1.82, 2.24) is 9.97 Å². The van der Waals surface area contributed by atoms with E-state index in [1.54, 1.807) is 7.11 Å². The number of fused-ring (bicyclic) bond motifs is 1. The first-order chi connectivity index (χ1) is 12.6. The van der Waals surface area contributed by atoms with Crippen LogP contribution in [0.1, 0.15) is 15.4 Å². The highest BCUT2D eigenvalue weighted by atomic mass is 32.1. The zero-order chi connectivity index (χ0) is 18.1. The van der Waals surface area contributed by atoms with Crippen molar-refractivity contribution in [3.63, 3.8) is 0 Å². The molecule has 4 rings (SSSR count). The lowest BCUT2D eigenvalue weighted by atomic mass is 10.1. The highest BCUT2D eigenvalue weighted by Gasteiger charge is 2.14. The predicted octanol–water partition coefficient (Wildman–Crippen LogP) is 4.86. The molecule has 5 nitrogen and oxygen atoms in total. The summed E-state index contributed by atoms with van der Waals surface area (Å²) < 4.78 is 5.19. The Hall–Kier alpha value is -3.12. The van der Waals surface area contributed by atoms with Crippen molar-refractivity contribution in [1.29, 1.82) is 0 Å². The van der Waals surface area contributed by atoms with Crippen molar-refractivity contribution < 1.29 is 9.53 Å². The van der Waals surface area contributed by atoms with Crippen LogP contribution in [0.15, 0.2) is 54.6 Å². The minimum atomic E-state index is -0.198. The van der Waals surface area contributed by atoms with Gasteiger partial charge in [-0.3, -0.25) is 10.1 Å². The molecule has 2 aromatic carbocycles. The molecule has 0 aliphatic heterocycles. The number of benzene rings is 2. The molecule has 0 fully saturated rings. The van der Waals surface area contributed by atoms with Crippen molar-refractivity contribution in [2.75, 3.05) is 12.4 Å². The van der Waals surface area contributed by atoms with E-state index in [2.05, 4.69) is 15.3 Å². The van der Waals surface area contributed by atoms with Crippen LogP contribution >= 0.6 is 11.3 Å². The molecule has 4 aromatic rings. The topological polar surface area (TPSA) is 67.0 Å². The van der Waals surface area contributed by atoms with E-state index in [1.807, 2.05) is 61.5 Å². The third-order valence-corrected chi connectivity index (χ3v) is 5.04. The number of para-hydroxylation sites is 1. The maximum atomic E-state index is 12.5. The number of H-pyrrole nitrogens is 1. The maximum absolute atomic E-state index is 12.5. The lowest BCUT2D eigenvalue weighted by Gasteiger charge is -2.02. The molecule has 0 aliphatic carbocycles. The van der Waals surface area contributed by atoms with Gasteiger partial charge >= 0.3 is 0 Å². The number of nitrogens with zero attached hydrogens (tertiary/aromatic N) is 1. The Morgan fingerprint density at radius 3 is 2.65 bits per heavy atom. The quantitative estimate of drug-likeness (QED) is 0.544. The molecule has 0 unspecified atom stereocenters. The number of rotatable bonds is 4. The fourth-order valence-corrected chi connectivity index (χ4v) is 3.66. The summed E-state index contributed by atoms with van der Waals surface area (Å²) in [5.74, 6) is 0.602. The van der Waals surface area contributed by atoms with Crippen LogP contribution in [-0.4, -0.2) is 23.0 Å². The van der Waals surface area contributed by atoms with Crippen molar-refractivity contribution >= 4 is 33.3 Å². The van der Waals surface area contributed by atoms with E-state index in [-0.39, 0.29) is 5.91 Å². The van der Waals surface area contributed by atoms with E-state index in [4.69, 9.17) is 4.74 Å². The number of amides is 1. The Balaban J connectivity index is 1.57. The maximum Gasteiger partial charge on any atom is 0.273 e. The number of nitrogens with one attached hydrogen (secondary N) is 2. The number of aromatic nitrogens is 2. The van der Waals surface area contributed by atoms with Crippen LogP contribution in [0.3, 0.4) is 0 Å². The van der Waals surface area contributed by atoms with E-state index in [1.165, 1.54) is 11.3 Å². The molecular formula is C20H17N3O2S. The summed E-state index contributed by atoms with van der Waals surface area (Å²) in [6.45, 7) is 2.00. The van der Waals surface area contributed by atoms with Crippen LogP contribution in [0.4, 0.5) is 5.13 Å². The summed E-state index contributed by atoms with van der Waals surface area (Å²) in [7, 11) is 1.64. The van der Waals surface area contributed by atoms with Crippen molar-refractivity contribution in [3.05, 3.63) is 65.2 Å². The molecule has 0 spiro atoms. The summed E-state index contributed by atoms with van der Waals surface area (Å²) in [5.41, 5.74) is 3.31. The van der Waals surface area contributed by atoms with Crippen LogP contribution in [0, 0.1) is 6.92 Å². The second-order valence-electron chi connectivity index (χ2n) is 5.88. The Bertz CT molecular complexity index is 1050. The van der Waals surface area contributed by atoms with Gasteiger partial charge in [0.25, 0.3) is 5.91 Å². The highest BCUT2D eigenvalue weighted by Crippen LogP contribution is 2.31. The van der Waals surface area contributed by atoms with Gasteiger partial charge in [0.2, 0.25) is 0 Å². The summed E-state index contributed by atoms with van der Waals surface area (Å²) in [6, 6.07) is 17.4. The molecule has 0 saturated heterocycles. The number of thiazole rings is 1. The van der Waals surface area contributed by atoms with E-state index in [0.717, 1.165) is 32.8 Å². The standard InChI is InChI=1S/C20H17N3O2S/c1-12-18(13-7-9-15(25-2)10-8-13)22-20(26-12)23-19(24)17-11-14-5-3-4-6-16(14)21-17/h3-11,21H,1-2H3,(H,22,23,24). The average Bonchev–Trinajstić information content (AvgIpc) is 3.25. The normalized spacial score (nSPS) is 10.8. The van der Waals surface area contributed by atoms with Crippen LogP contribution < -0.4 is 10.1 Å². The second kappa shape index (κ2) is 6.65. The lowest BCUT2D eigenvalue weighted by molar-refractivity contribution is 0.102. The molecule has 1 amide bonds. The summed E-state index contributed by atoms with van der Waals surface area (Å²) in [5, 5.41) is 4.47. The zero-order valence-corrected chi connectivity index (χ0v) is 15.2. The number of carbonyl (C=O) groups is 1. The average molecular weight is 363 g/mol. The van der Waals surface area contributed by atoms with Gasteiger partial charge in [0.1, 0.15) is 11.4 Å². The monoisotopic (exact) mass is 363 g/mol. The molecule has 130 valence electrons. The SMILES string of the molecule is COc1ccc(-c2nc(NC(=O)c3cc4ccccc4[nH]3)sc2C)cc1. The van der Waals surface area contributed by atoms with E-state index in [0.29, 0.717) is 10.8 Å². The first-order valence-corrected chi connectivity index (χ1v) is 8.96. The number of hydrogen-bond acceptors (Lipinski definition) is 4. The Kier molecular flexibility index (Phi) is 4.18. The number of aryl methyl sites for hydroxylation is 1. The van der Waals surface area contributed by atoms with Crippen LogP contribution in [0.25, 0.3) is 22.2 Å². The fourth-order valence-electron chi connectivity index (χ4n) is 2.83. The summed E-state index contributed by atoms with van der Waals surface area (Å²) >= 11 is 1.46. The van der Waals surface area contributed by atoms with Crippen molar-refractivity contribution in [3.8, 4) is 17.0 Å². The molecule has 0 bridgehead atoms. The van der Waals surface area contributed by atoms with Crippen LogP contribution in [0.5, 0.6) is 5.75 Å². The summed E-state index contributed by atoms with van der Waals surface area (Å²) in [6.07, 6.45) is 0. The van der Waals surface area contributed by atoms with Crippen molar-refractivity contribution in [2.24, 2.45) is 0 Å². The zero-order valence-electron chi connectivity index (χ0n) is 14.4. The van der Waals surface area contributed by atoms with Gasteiger partial charge in [-0.25, -0.2) is 4.98 Å². The number of anilines is 1. The molecule has 26 heavy (non-hydrogen) atoms. The molecule has 2 aromatic heterocycles. The van der Waals surface area contributed by atoms with Gasteiger partial charge in [-0.2, -0.15) is 0 Å². The number of methoxy groups -OCH3 is 1. The predicted molar refractivity (Wildman–Crippen MR) is 105 cm³/mol. The van der Waals surface area contributed by atoms with Gasteiger partial charge < -0.3 is 9.72 Å². The minimum absolute atomic E-state index is 0.198. The van der Waals surface area contributed by atoms with Gasteiger partial charge in [0.15, 0.2) is 5.13 Å². The number of ether oxygens (including phenoxy) is 1. The highest BCUT2D eigenvalue weighted by molar-refractivity contribution is 7.16. The number of carbonyl (C=O) groups excluding carboxylic acids is 1. The molecule has 2 N–H and O–H groups in total. The third-order valence-electron chi connectivity index (χ3n) is 4.16. The van der Waals surface area contributed by atoms with Crippen molar-refractivity contribution in [2.45, 2.75) is 6.92 Å². The Morgan fingerprint density at radius 2 is 1.92 bits per heavy atom. The van der Waals surface area contributed by atoms with E-state index < -0.39 is 0 Å². The molecule has 0 aliphatic rings. The first kappa shape index (κ1) is 16.4. The molecular weight excluding hydrogens is 346 g/mol. The summed E-state index contributed by atoms with van der Waals surface area (Å²) in [4.78, 5) is 21.3. The van der Waals surface area contributed by atoms with E-state index >= 15 is 0 Å².